The Labute approximate surface area is 121 Å². The fourth-order valence-electron chi connectivity index (χ4n) is 2.08. The van der Waals surface area contributed by atoms with Crippen LogP contribution in [0, 0.1) is 11.6 Å². The van der Waals surface area contributed by atoms with Gasteiger partial charge >= 0.3 is 0 Å². The number of aromatic nitrogens is 1. The predicted octanol–water partition coefficient (Wildman–Crippen LogP) is 3.82. The summed E-state index contributed by atoms with van der Waals surface area (Å²) in [5.74, 6) is -0.869. The van der Waals surface area contributed by atoms with Crippen LogP contribution in [0.25, 0.3) is 0 Å². The van der Waals surface area contributed by atoms with Gasteiger partial charge in [0.1, 0.15) is 11.6 Å². The van der Waals surface area contributed by atoms with Crippen molar-refractivity contribution < 1.29 is 8.78 Å². The van der Waals surface area contributed by atoms with Gasteiger partial charge in [-0.2, -0.15) is 0 Å². The number of nitrogens with two attached hydrogens (primary N) is 1. The second kappa shape index (κ2) is 5.85. The van der Waals surface area contributed by atoms with Gasteiger partial charge in [-0.1, -0.05) is 24.6 Å². The van der Waals surface area contributed by atoms with E-state index < -0.39 is 17.2 Å². The van der Waals surface area contributed by atoms with Crippen LogP contribution in [-0.4, -0.2) is 4.98 Å². The van der Waals surface area contributed by atoms with E-state index in [4.69, 9.17) is 17.3 Å². The number of nitrogens with zero attached hydrogens (tertiary/aromatic N) is 1. The lowest BCUT2D eigenvalue weighted by atomic mass is 9.85. The van der Waals surface area contributed by atoms with Crippen LogP contribution < -0.4 is 5.73 Å². The van der Waals surface area contributed by atoms with E-state index in [1.807, 2.05) is 6.92 Å². The van der Waals surface area contributed by atoms with Gasteiger partial charge in [-0.05, 0) is 42.7 Å². The molecule has 1 aromatic carbocycles. The van der Waals surface area contributed by atoms with E-state index in [0.29, 0.717) is 18.5 Å². The highest BCUT2D eigenvalue weighted by Gasteiger charge is 2.27. The highest BCUT2D eigenvalue weighted by Crippen LogP contribution is 2.27. The average Bonchev–Trinajstić information content (AvgIpc) is 2.43. The van der Waals surface area contributed by atoms with Crippen LogP contribution >= 0.6 is 11.6 Å². The molecule has 1 heterocycles. The summed E-state index contributed by atoms with van der Waals surface area (Å²) in [5, 5.41) is 0.0630. The van der Waals surface area contributed by atoms with Crippen LogP contribution in [-0.2, 0) is 12.0 Å². The van der Waals surface area contributed by atoms with Gasteiger partial charge in [0.15, 0.2) is 0 Å². The minimum atomic E-state index is -0.741. The molecule has 2 rings (SSSR count). The summed E-state index contributed by atoms with van der Waals surface area (Å²) in [6.07, 6.45) is 2.20. The van der Waals surface area contributed by atoms with Crippen LogP contribution in [0.3, 0.4) is 0 Å². The average molecular weight is 297 g/mol. The maximum absolute atomic E-state index is 13.2. The molecule has 0 aliphatic carbocycles. The van der Waals surface area contributed by atoms with Gasteiger partial charge in [0, 0.05) is 0 Å². The molecule has 20 heavy (non-hydrogen) atoms. The first kappa shape index (κ1) is 14.9. The Hall–Kier alpha value is -1.52. The molecule has 2 N–H and O–H groups in total. The van der Waals surface area contributed by atoms with E-state index in [9.17, 15) is 8.78 Å². The lowest BCUT2D eigenvalue weighted by Crippen LogP contribution is -2.39. The number of benzene rings is 1. The summed E-state index contributed by atoms with van der Waals surface area (Å²) in [5.41, 5.74) is 7.04. The van der Waals surface area contributed by atoms with Gasteiger partial charge < -0.3 is 5.73 Å². The van der Waals surface area contributed by atoms with Crippen LogP contribution in [0.2, 0.25) is 5.02 Å². The Bertz CT molecular complexity index is 601. The largest absolute Gasteiger partial charge is 0.320 e. The third kappa shape index (κ3) is 3.14. The molecule has 1 unspecified atom stereocenters. The van der Waals surface area contributed by atoms with Crippen molar-refractivity contribution in [3.05, 3.63) is 64.4 Å². The lowest BCUT2D eigenvalue weighted by molar-refractivity contribution is 0.410. The zero-order valence-corrected chi connectivity index (χ0v) is 11.8. The van der Waals surface area contributed by atoms with E-state index >= 15 is 0 Å². The normalized spacial score (nSPS) is 14.1. The fourth-order valence-corrected chi connectivity index (χ4v) is 2.28. The predicted molar refractivity (Wildman–Crippen MR) is 75.5 cm³/mol. The van der Waals surface area contributed by atoms with Crippen LogP contribution in [0.4, 0.5) is 8.78 Å². The minimum absolute atomic E-state index is 0.0630. The Morgan fingerprint density at radius 2 is 2.00 bits per heavy atom. The smallest absolute Gasteiger partial charge is 0.141 e. The maximum Gasteiger partial charge on any atom is 0.141 e. The highest BCUT2D eigenvalue weighted by atomic mass is 35.5. The Balaban J connectivity index is 2.31. The zero-order chi connectivity index (χ0) is 14.8. The van der Waals surface area contributed by atoms with Gasteiger partial charge in [-0.25, -0.2) is 8.78 Å². The third-order valence-corrected chi connectivity index (χ3v) is 3.66. The molecule has 2 nitrogen and oxygen atoms in total. The van der Waals surface area contributed by atoms with Crippen LogP contribution in [0.1, 0.15) is 24.6 Å². The monoisotopic (exact) mass is 296 g/mol. The van der Waals surface area contributed by atoms with Crippen molar-refractivity contribution in [3.8, 4) is 0 Å². The number of pyridine rings is 1. The number of halogens is 3. The molecule has 0 saturated carbocycles. The van der Waals surface area contributed by atoms with Gasteiger partial charge in [-0.3, -0.25) is 4.98 Å². The molecule has 1 atom stereocenters. The van der Waals surface area contributed by atoms with Crippen molar-refractivity contribution in [2.45, 2.75) is 25.3 Å². The van der Waals surface area contributed by atoms with E-state index in [0.717, 1.165) is 11.8 Å². The fraction of sp³-hybridized carbons (Fsp3) is 0.267. The van der Waals surface area contributed by atoms with E-state index in [2.05, 4.69) is 4.98 Å². The lowest BCUT2D eigenvalue weighted by Gasteiger charge is -2.28. The molecule has 2 aromatic rings. The Morgan fingerprint density at radius 1 is 1.25 bits per heavy atom. The van der Waals surface area contributed by atoms with Gasteiger partial charge in [-0.15, -0.1) is 0 Å². The summed E-state index contributed by atoms with van der Waals surface area (Å²) in [4.78, 5) is 4.05. The van der Waals surface area contributed by atoms with E-state index in [1.54, 1.807) is 18.2 Å². The Kier molecular flexibility index (Phi) is 4.35. The molecule has 0 fully saturated rings. The summed E-state index contributed by atoms with van der Waals surface area (Å²) in [6.45, 7) is 1.93. The topological polar surface area (TPSA) is 38.9 Å². The first-order valence-corrected chi connectivity index (χ1v) is 6.67. The molecule has 0 saturated heterocycles. The molecule has 0 bridgehead atoms. The standard InChI is InChI=1S/C15H15ClF2N2/c1-2-15(19,14-6-4-11(17)9-20-14)8-10-3-5-13(18)12(16)7-10/h3-7,9H,2,8,19H2,1H3. The van der Waals surface area contributed by atoms with Crippen molar-refractivity contribution in [1.29, 1.82) is 0 Å². The van der Waals surface area contributed by atoms with Gasteiger partial charge in [0.25, 0.3) is 0 Å². The van der Waals surface area contributed by atoms with Crippen molar-refractivity contribution in [3.63, 3.8) is 0 Å². The molecule has 1 aromatic heterocycles. The second-order valence-corrected chi connectivity index (χ2v) is 5.20. The van der Waals surface area contributed by atoms with Gasteiger partial charge in [0.2, 0.25) is 0 Å². The molecule has 106 valence electrons. The molecule has 0 radical (unpaired) electrons. The first-order chi connectivity index (χ1) is 9.44. The maximum atomic E-state index is 13.2. The Morgan fingerprint density at radius 3 is 2.55 bits per heavy atom. The third-order valence-electron chi connectivity index (χ3n) is 3.37. The summed E-state index contributed by atoms with van der Waals surface area (Å²) >= 11 is 5.77. The SMILES string of the molecule is CCC(N)(Cc1ccc(F)c(Cl)c1)c1ccc(F)cn1. The summed E-state index contributed by atoms with van der Waals surface area (Å²) in [6, 6.07) is 7.41. The summed E-state index contributed by atoms with van der Waals surface area (Å²) < 4.78 is 26.1. The van der Waals surface area contributed by atoms with Crippen molar-refractivity contribution in [2.24, 2.45) is 5.73 Å². The molecule has 0 amide bonds. The first-order valence-electron chi connectivity index (χ1n) is 6.29. The van der Waals surface area contributed by atoms with Crippen molar-refractivity contribution >= 4 is 11.6 Å². The molecule has 0 aliphatic rings. The number of hydrogen-bond acceptors (Lipinski definition) is 2. The summed E-state index contributed by atoms with van der Waals surface area (Å²) in [7, 11) is 0. The molecule has 5 heteroatoms. The van der Waals surface area contributed by atoms with E-state index in [-0.39, 0.29) is 5.02 Å². The van der Waals surface area contributed by atoms with Crippen molar-refractivity contribution in [1.82, 2.24) is 4.98 Å². The van der Waals surface area contributed by atoms with Crippen LogP contribution in [0.15, 0.2) is 36.5 Å². The molecular formula is C15H15ClF2N2. The second-order valence-electron chi connectivity index (χ2n) is 4.80. The highest BCUT2D eigenvalue weighted by molar-refractivity contribution is 6.30. The number of hydrogen-bond donors (Lipinski definition) is 1. The molecule has 0 spiro atoms. The molecule has 0 aliphatic heterocycles. The quantitative estimate of drug-likeness (QED) is 0.931. The van der Waals surface area contributed by atoms with Gasteiger partial charge in [0.05, 0.1) is 22.5 Å². The van der Waals surface area contributed by atoms with Crippen molar-refractivity contribution in [2.75, 3.05) is 0 Å². The zero-order valence-electron chi connectivity index (χ0n) is 11.0. The molecular weight excluding hydrogens is 282 g/mol. The number of rotatable bonds is 4. The van der Waals surface area contributed by atoms with Crippen LogP contribution in [0.5, 0.6) is 0 Å². The minimum Gasteiger partial charge on any atom is -0.320 e. The van der Waals surface area contributed by atoms with E-state index in [1.165, 1.54) is 12.1 Å².